The number of halogens is 2. The summed E-state index contributed by atoms with van der Waals surface area (Å²) in [5, 5.41) is 0. The lowest BCUT2D eigenvalue weighted by Crippen LogP contribution is -1.83. The first-order valence-electron chi connectivity index (χ1n) is 4.63. The molecule has 2 rings (SSSR count). The van der Waals surface area contributed by atoms with Crippen LogP contribution in [0.4, 0.5) is 11.4 Å². The molecule has 0 heterocycles. The third kappa shape index (κ3) is 4.77. The Morgan fingerprint density at radius 2 is 0.882 bits per heavy atom. The van der Waals surface area contributed by atoms with Crippen molar-refractivity contribution in [3.05, 3.63) is 48.5 Å². The van der Waals surface area contributed by atoms with Crippen molar-refractivity contribution in [1.82, 2.24) is 0 Å². The van der Waals surface area contributed by atoms with Crippen LogP contribution in [0.1, 0.15) is 0 Å². The third-order valence-electron chi connectivity index (χ3n) is 2.00. The number of nitrogens with two attached hydrogens (primary N) is 2. The lowest BCUT2D eigenvalue weighted by Gasteiger charge is -2.02. The average molecular weight is 289 g/mol. The first-order chi connectivity index (χ1) is 7.24. The van der Waals surface area contributed by atoms with Crippen molar-refractivity contribution >= 4 is 48.0 Å². The van der Waals surface area contributed by atoms with E-state index >= 15 is 0 Å². The maximum Gasteiger partial charge on any atom is 0.0314 e. The van der Waals surface area contributed by atoms with Crippen LogP contribution < -0.4 is 11.5 Å². The summed E-state index contributed by atoms with van der Waals surface area (Å²) in [6.45, 7) is 0. The Labute approximate surface area is 118 Å². The molecular weight excluding hydrogens is 275 g/mol. The van der Waals surface area contributed by atoms with Gasteiger partial charge in [0, 0.05) is 21.2 Å². The molecule has 0 aromatic heterocycles. The topological polar surface area (TPSA) is 52.0 Å². The standard InChI is InChI=1S/C12H12N2S.2ClH/c13-9-1-5-11(6-2-9)15-12-7-3-10(14)4-8-12;;/h1-8H,13-14H2;2*1H. The largest absolute Gasteiger partial charge is 0.399 e. The van der Waals surface area contributed by atoms with Crippen molar-refractivity contribution < 1.29 is 0 Å². The second-order valence-electron chi connectivity index (χ2n) is 3.24. The molecule has 92 valence electrons. The molecule has 0 aliphatic carbocycles. The first-order valence-corrected chi connectivity index (χ1v) is 5.44. The van der Waals surface area contributed by atoms with E-state index in [-0.39, 0.29) is 24.8 Å². The summed E-state index contributed by atoms with van der Waals surface area (Å²) in [5.41, 5.74) is 12.8. The molecule has 0 aliphatic rings. The van der Waals surface area contributed by atoms with E-state index in [4.69, 9.17) is 11.5 Å². The van der Waals surface area contributed by atoms with Gasteiger partial charge in [-0.15, -0.1) is 24.8 Å². The van der Waals surface area contributed by atoms with Gasteiger partial charge in [0.05, 0.1) is 0 Å². The molecule has 2 aromatic rings. The highest BCUT2D eigenvalue weighted by molar-refractivity contribution is 7.99. The number of hydrogen-bond acceptors (Lipinski definition) is 3. The van der Waals surface area contributed by atoms with Gasteiger partial charge in [-0.25, -0.2) is 0 Å². The highest BCUT2D eigenvalue weighted by Gasteiger charge is 1.96. The van der Waals surface area contributed by atoms with Gasteiger partial charge in [-0.05, 0) is 48.5 Å². The van der Waals surface area contributed by atoms with Crippen LogP contribution in [0.25, 0.3) is 0 Å². The highest BCUT2D eigenvalue weighted by Crippen LogP contribution is 2.28. The summed E-state index contributed by atoms with van der Waals surface area (Å²) in [6.07, 6.45) is 0. The van der Waals surface area contributed by atoms with E-state index in [9.17, 15) is 0 Å². The molecule has 17 heavy (non-hydrogen) atoms. The van der Waals surface area contributed by atoms with E-state index in [1.165, 1.54) is 9.79 Å². The van der Waals surface area contributed by atoms with Crippen LogP contribution in [0.3, 0.4) is 0 Å². The summed E-state index contributed by atoms with van der Waals surface area (Å²) >= 11 is 1.69. The second-order valence-corrected chi connectivity index (χ2v) is 4.39. The van der Waals surface area contributed by atoms with Gasteiger partial charge < -0.3 is 11.5 Å². The number of rotatable bonds is 2. The normalized spacial score (nSPS) is 8.94. The van der Waals surface area contributed by atoms with E-state index in [1.54, 1.807) is 11.8 Å². The third-order valence-corrected chi connectivity index (χ3v) is 3.01. The summed E-state index contributed by atoms with van der Waals surface area (Å²) in [5.74, 6) is 0. The Morgan fingerprint density at radius 3 is 1.18 bits per heavy atom. The predicted molar refractivity (Wildman–Crippen MR) is 80.3 cm³/mol. The van der Waals surface area contributed by atoms with E-state index in [0.717, 1.165) is 11.4 Å². The monoisotopic (exact) mass is 288 g/mol. The zero-order valence-electron chi connectivity index (χ0n) is 9.00. The SMILES string of the molecule is Cl.Cl.Nc1ccc(Sc2ccc(N)cc2)cc1. The van der Waals surface area contributed by atoms with E-state index in [2.05, 4.69) is 0 Å². The van der Waals surface area contributed by atoms with Crippen molar-refractivity contribution in [2.24, 2.45) is 0 Å². The van der Waals surface area contributed by atoms with Gasteiger partial charge in [-0.3, -0.25) is 0 Å². The Morgan fingerprint density at radius 1 is 0.588 bits per heavy atom. The molecule has 0 amide bonds. The smallest absolute Gasteiger partial charge is 0.0314 e. The number of hydrogen-bond donors (Lipinski definition) is 2. The number of anilines is 2. The van der Waals surface area contributed by atoms with Crippen LogP contribution >= 0.6 is 36.6 Å². The molecule has 2 nitrogen and oxygen atoms in total. The molecular formula is C12H14Cl2N2S. The van der Waals surface area contributed by atoms with Crippen LogP contribution in [-0.2, 0) is 0 Å². The first kappa shape index (κ1) is 16.0. The lowest BCUT2D eigenvalue weighted by molar-refractivity contribution is 1.41. The maximum atomic E-state index is 5.61. The summed E-state index contributed by atoms with van der Waals surface area (Å²) < 4.78 is 0. The van der Waals surface area contributed by atoms with Gasteiger partial charge >= 0.3 is 0 Å². The summed E-state index contributed by atoms with van der Waals surface area (Å²) in [7, 11) is 0. The van der Waals surface area contributed by atoms with Crippen molar-refractivity contribution in [3.63, 3.8) is 0 Å². The molecule has 0 radical (unpaired) electrons. The Bertz CT molecular complexity index is 400. The minimum Gasteiger partial charge on any atom is -0.399 e. The Hall–Kier alpha value is -1.03. The molecule has 2 aromatic carbocycles. The second kappa shape index (κ2) is 7.33. The van der Waals surface area contributed by atoms with Crippen molar-refractivity contribution in [2.45, 2.75) is 9.79 Å². The van der Waals surface area contributed by atoms with Gasteiger partial charge in [0.25, 0.3) is 0 Å². The van der Waals surface area contributed by atoms with Crippen LogP contribution in [0.5, 0.6) is 0 Å². The van der Waals surface area contributed by atoms with E-state index in [1.807, 2.05) is 48.5 Å². The number of nitrogen functional groups attached to an aromatic ring is 2. The van der Waals surface area contributed by atoms with Crippen LogP contribution in [-0.4, -0.2) is 0 Å². The average Bonchev–Trinajstić information content (AvgIpc) is 2.25. The zero-order valence-corrected chi connectivity index (χ0v) is 11.4. The molecule has 0 fully saturated rings. The molecule has 0 saturated heterocycles. The van der Waals surface area contributed by atoms with Gasteiger partial charge in [-0.2, -0.15) is 0 Å². The van der Waals surface area contributed by atoms with Crippen LogP contribution in [0.15, 0.2) is 58.3 Å². The molecule has 4 N–H and O–H groups in total. The maximum absolute atomic E-state index is 5.61. The number of benzene rings is 2. The molecule has 0 aliphatic heterocycles. The van der Waals surface area contributed by atoms with E-state index < -0.39 is 0 Å². The minimum absolute atomic E-state index is 0. The highest BCUT2D eigenvalue weighted by atomic mass is 35.5. The van der Waals surface area contributed by atoms with Gasteiger partial charge in [-0.1, -0.05) is 11.8 Å². The molecule has 0 saturated carbocycles. The van der Waals surface area contributed by atoms with Crippen LogP contribution in [0.2, 0.25) is 0 Å². The molecule has 0 atom stereocenters. The van der Waals surface area contributed by atoms with Gasteiger partial charge in [0.2, 0.25) is 0 Å². The molecule has 5 heteroatoms. The fraction of sp³-hybridized carbons (Fsp3) is 0. The van der Waals surface area contributed by atoms with Gasteiger partial charge in [0.1, 0.15) is 0 Å². The van der Waals surface area contributed by atoms with E-state index in [0.29, 0.717) is 0 Å². The minimum atomic E-state index is 0. The molecule has 0 bridgehead atoms. The van der Waals surface area contributed by atoms with Crippen LogP contribution in [0, 0.1) is 0 Å². The quantitative estimate of drug-likeness (QED) is 0.826. The fourth-order valence-electron chi connectivity index (χ4n) is 1.21. The Kier molecular flexibility index (Phi) is 6.88. The lowest BCUT2D eigenvalue weighted by atomic mass is 10.3. The fourth-order valence-corrected chi connectivity index (χ4v) is 2.02. The predicted octanol–water partition coefficient (Wildman–Crippen LogP) is 3.85. The van der Waals surface area contributed by atoms with Crippen molar-refractivity contribution in [1.29, 1.82) is 0 Å². The summed E-state index contributed by atoms with van der Waals surface area (Å²) in [4.78, 5) is 2.35. The van der Waals surface area contributed by atoms with Crippen molar-refractivity contribution in [2.75, 3.05) is 11.5 Å². The van der Waals surface area contributed by atoms with Gasteiger partial charge in [0.15, 0.2) is 0 Å². The summed E-state index contributed by atoms with van der Waals surface area (Å²) in [6, 6.07) is 15.7. The zero-order chi connectivity index (χ0) is 10.7. The Balaban J connectivity index is 0.00000128. The molecule has 0 unspecified atom stereocenters. The molecule has 0 spiro atoms. The van der Waals surface area contributed by atoms with Crippen molar-refractivity contribution in [3.8, 4) is 0 Å².